The van der Waals surface area contributed by atoms with Gasteiger partial charge in [-0.05, 0) is 12.1 Å². The molecule has 0 saturated heterocycles. The van der Waals surface area contributed by atoms with E-state index in [0.717, 1.165) is 12.3 Å². The Kier molecular flexibility index (Phi) is 4.78. The van der Waals surface area contributed by atoms with Crippen LogP contribution in [0.3, 0.4) is 0 Å². The molecular formula is C16H10F3N3O6. The molecule has 0 fully saturated rings. The van der Waals surface area contributed by atoms with Gasteiger partial charge >= 0.3 is 12.3 Å². The topological polar surface area (TPSA) is 135 Å². The number of carbonyl (C=O) groups is 2. The summed E-state index contributed by atoms with van der Waals surface area (Å²) in [5.74, 6) is -3.66. The van der Waals surface area contributed by atoms with Crippen LogP contribution in [0.5, 0.6) is 11.5 Å². The molecule has 1 aromatic carbocycles. The normalized spacial score (nSPS) is 11.4. The quantitative estimate of drug-likeness (QED) is 0.597. The first-order valence-electron chi connectivity index (χ1n) is 7.50. The molecule has 0 atom stereocenters. The molecule has 0 aliphatic rings. The number of amides is 1. The molecule has 0 spiro atoms. The van der Waals surface area contributed by atoms with E-state index in [1.807, 2.05) is 5.32 Å². The van der Waals surface area contributed by atoms with E-state index in [9.17, 15) is 27.9 Å². The Balaban J connectivity index is 2.11. The predicted octanol–water partition coefficient (Wildman–Crippen LogP) is 2.31. The van der Waals surface area contributed by atoms with Crippen molar-refractivity contribution < 1.29 is 42.2 Å². The summed E-state index contributed by atoms with van der Waals surface area (Å²) < 4.78 is 46.9. The summed E-state index contributed by atoms with van der Waals surface area (Å²) in [6.07, 6.45) is -3.95. The van der Waals surface area contributed by atoms with Gasteiger partial charge in [-0.3, -0.25) is 9.59 Å². The Morgan fingerprint density at radius 1 is 1.25 bits per heavy atom. The zero-order valence-corrected chi connectivity index (χ0v) is 13.6. The second-order valence-electron chi connectivity index (χ2n) is 5.35. The number of halogens is 3. The number of para-hydroxylation sites is 1. The maximum Gasteiger partial charge on any atom is 0.573 e. The van der Waals surface area contributed by atoms with Gasteiger partial charge in [0.05, 0.1) is 11.6 Å². The minimum atomic E-state index is -4.97. The molecule has 146 valence electrons. The molecule has 28 heavy (non-hydrogen) atoms. The number of aromatic hydroxyl groups is 1. The number of alkyl halides is 3. The van der Waals surface area contributed by atoms with E-state index in [2.05, 4.69) is 14.9 Å². The molecule has 3 aromatic rings. The highest BCUT2D eigenvalue weighted by Crippen LogP contribution is 2.40. The monoisotopic (exact) mass is 397 g/mol. The van der Waals surface area contributed by atoms with Gasteiger partial charge in [0.25, 0.3) is 5.91 Å². The predicted molar refractivity (Wildman–Crippen MR) is 85.6 cm³/mol. The molecule has 9 nitrogen and oxygen atoms in total. The summed E-state index contributed by atoms with van der Waals surface area (Å²) in [7, 11) is 0. The number of nitrogens with zero attached hydrogens (tertiary/aromatic N) is 2. The number of aliphatic carboxylic acids is 1. The lowest BCUT2D eigenvalue weighted by atomic mass is 10.1. The molecule has 0 aliphatic heterocycles. The van der Waals surface area contributed by atoms with Crippen LogP contribution in [0.4, 0.5) is 13.2 Å². The van der Waals surface area contributed by atoms with Gasteiger partial charge in [0.15, 0.2) is 17.0 Å². The number of hydrogen-bond acceptors (Lipinski definition) is 7. The van der Waals surface area contributed by atoms with E-state index in [-0.39, 0.29) is 22.2 Å². The molecule has 0 saturated carbocycles. The highest BCUT2D eigenvalue weighted by molar-refractivity contribution is 6.05. The van der Waals surface area contributed by atoms with Crippen molar-refractivity contribution in [2.24, 2.45) is 0 Å². The summed E-state index contributed by atoms with van der Waals surface area (Å²) in [6, 6.07) is 5.02. The molecule has 3 N–H and O–H groups in total. The van der Waals surface area contributed by atoms with E-state index in [1.54, 1.807) is 0 Å². The van der Waals surface area contributed by atoms with E-state index in [1.165, 1.54) is 18.2 Å². The van der Waals surface area contributed by atoms with Crippen molar-refractivity contribution in [1.29, 1.82) is 0 Å². The van der Waals surface area contributed by atoms with Gasteiger partial charge < -0.3 is 24.8 Å². The highest BCUT2D eigenvalue weighted by atomic mass is 19.4. The number of carboxylic acids is 1. The third kappa shape index (κ3) is 3.79. The highest BCUT2D eigenvalue weighted by Gasteiger charge is 2.33. The number of carboxylic acid groups (broad SMARTS) is 1. The largest absolute Gasteiger partial charge is 0.573 e. The van der Waals surface area contributed by atoms with Crippen LogP contribution in [0, 0.1) is 0 Å². The van der Waals surface area contributed by atoms with Gasteiger partial charge in [-0.15, -0.1) is 13.2 Å². The second-order valence-corrected chi connectivity index (χ2v) is 5.35. The number of rotatable bonds is 5. The van der Waals surface area contributed by atoms with Crippen molar-refractivity contribution >= 4 is 22.8 Å². The Bertz CT molecular complexity index is 1060. The Hall–Kier alpha value is -3.83. The number of ether oxygens (including phenoxy) is 1. The smallest absolute Gasteiger partial charge is 0.505 e. The van der Waals surface area contributed by atoms with Gasteiger partial charge in [0.2, 0.25) is 0 Å². The maximum atomic E-state index is 12.6. The van der Waals surface area contributed by atoms with Gasteiger partial charge in [-0.2, -0.15) is 0 Å². The lowest BCUT2D eigenvalue weighted by molar-refractivity contribution is -0.274. The summed E-state index contributed by atoms with van der Waals surface area (Å²) in [5.41, 5.74) is -1.03. The number of aromatic nitrogens is 2. The van der Waals surface area contributed by atoms with Gasteiger partial charge in [-0.1, -0.05) is 17.3 Å². The minimum absolute atomic E-state index is 0.107. The van der Waals surface area contributed by atoms with Crippen LogP contribution in [0.25, 0.3) is 22.2 Å². The van der Waals surface area contributed by atoms with Gasteiger partial charge in [0.1, 0.15) is 18.0 Å². The maximum absolute atomic E-state index is 12.6. The Morgan fingerprint density at radius 2 is 1.96 bits per heavy atom. The zero-order chi connectivity index (χ0) is 20.5. The van der Waals surface area contributed by atoms with Crippen LogP contribution in [-0.2, 0) is 4.79 Å². The molecule has 12 heteroatoms. The molecule has 0 bridgehead atoms. The lowest BCUT2D eigenvalue weighted by Crippen LogP contribution is -2.29. The number of pyridine rings is 1. The fraction of sp³-hybridized carbons (Fsp3) is 0.125. The SMILES string of the molecule is O=C(O)CNC(=O)c1ncc2onc(-c3ccccc3OC(F)(F)F)c2c1O. The molecule has 0 unspecified atom stereocenters. The van der Waals surface area contributed by atoms with Crippen LogP contribution in [0.15, 0.2) is 35.0 Å². The van der Waals surface area contributed by atoms with E-state index in [0.29, 0.717) is 0 Å². The van der Waals surface area contributed by atoms with E-state index < -0.39 is 42.0 Å². The first kappa shape index (κ1) is 18.9. The second kappa shape index (κ2) is 7.06. The molecule has 3 rings (SSSR count). The fourth-order valence-corrected chi connectivity index (χ4v) is 2.39. The third-order valence-electron chi connectivity index (χ3n) is 3.47. The average molecular weight is 397 g/mol. The van der Waals surface area contributed by atoms with Crippen LogP contribution >= 0.6 is 0 Å². The first-order valence-corrected chi connectivity index (χ1v) is 7.50. The summed E-state index contributed by atoms with van der Waals surface area (Å²) >= 11 is 0. The Labute approximate surface area is 153 Å². The molecule has 2 heterocycles. The van der Waals surface area contributed by atoms with Crippen LogP contribution in [-0.4, -0.2) is 45.1 Å². The standard InChI is InChI=1S/C16H10F3N3O6/c17-16(18,19)27-8-4-2-1-3-7(8)12-11-9(28-22-12)5-20-13(14(11)25)15(26)21-6-10(23)24/h1-5,25H,6H2,(H,21,26)(H,23,24). The third-order valence-corrected chi connectivity index (χ3v) is 3.47. The number of benzene rings is 1. The zero-order valence-electron chi connectivity index (χ0n) is 13.6. The van der Waals surface area contributed by atoms with Crippen LogP contribution in [0.2, 0.25) is 0 Å². The van der Waals surface area contributed by atoms with Crippen molar-refractivity contribution in [3.8, 4) is 22.8 Å². The number of carbonyl (C=O) groups excluding carboxylic acids is 1. The van der Waals surface area contributed by atoms with Crippen molar-refractivity contribution in [2.75, 3.05) is 6.54 Å². The summed E-state index contributed by atoms with van der Waals surface area (Å²) in [5, 5.41) is 24.5. The van der Waals surface area contributed by atoms with Crippen molar-refractivity contribution in [3.63, 3.8) is 0 Å². The summed E-state index contributed by atoms with van der Waals surface area (Å²) in [4.78, 5) is 26.2. The van der Waals surface area contributed by atoms with Crippen molar-refractivity contribution in [3.05, 3.63) is 36.2 Å². The molecule has 0 aliphatic carbocycles. The average Bonchev–Trinajstić information content (AvgIpc) is 3.04. The molecular weight excluding hydrogens is 387 g/mol. The first-order chi connectivity index (χ1) is 13.2. The summed E-state index contributed by atoms with van der Waals surface area (Å²) in [6.45, 7) is -0.725. The molecule has 0 radical (unpaired) electrons. The van der Waals surface area contributed by atoms with Crippen molar-refractivity contribution in [2.45, 2.75) is 6.36 Å². The van der Waals surface area contributed by atoms with Crippen LogP contribution < -0.4 is 10.1 Å². The number of fused-ring (bicyclic) bond motifs is 1. The fourth-order valence-electron chi connectivity index (χ4n) is 2.39. The molecule has 2 aromatic heterocycles. The minimum Gasteiger partial charge on any atom is -0.505 e. The van der Waals surface area contributed by atoms with Crippen LogP contribution in [0.1, 0.15) is 10.5 Å². The number of hydrogen-bond donors (Lipinski definition) is 3. The van der Waals surface area contributed by atoms with Gasteiger partial charge in [-0.25, -0.2) is 4.98 Å². The van der Waals surface area contributed by atoms with E-state index >= 15 is 0 Å². The Morgan fingerprint density at radius 3 is 2.64 bits per heavy atom. The van der Waals surface area contributed by atoms with Crippen molar-refractivity contribution in [1.82, 2.24) is 15.5 Å². The number of nitrogens with one attached hydrogen (secondary N) is 1. The van der Waals surface area contributed by atoms with Gasteiger partial charge in [0, 0.05) is 5.56 Å². The van der Waals surface area contributed by atoms with E-state index in [4.69, 9.17) is 9.63 Å². The lowest BCUT2D eigenvalue weighted by Gasteiger charge is -2.12. The molecule has 1 amide bonds.